The minimum absolute atomic E-state index is 0.259. The van der Waals surface area contributed by atoms with Crippen LogP contribution in [-0.4, -0.2) is 16.6 Å². The van der Waals surface area contributed by atoms with Crippen LogP contribution < -0.4 is 11.0 Å². The van der Waals surface area contributed by atoms with Crippen LogP contribution in [0.3, 0.4) is 0 Å². The van der Waals surface area contributed by atoms with Crippen molar-refractivity contribution in [1.29, 1.82) is 0 Å². The largest absolute Gasteiger partial charge is 0.386 e. The second kappa shape index (κ2) is 5.05. The van der Waals surface area contributed by atoms with E-state index in [1.807, 2.05) is 6.07 Å². The fraction of sp³-hybridized carbons (Fsp3) is 0.615. The SMILES string of the molecule is CC(C)(O)c1cc(C(CN)C2CC2)nc(Cl)c1P. The molecule has 1 aliphatic rings. The standard InChI is InChI=1S/C13H20ClN2OP/c1-13(2,17)9-5-10(16-12(14)11(9)18)8(6-15)7-3-4-7/h5,7-8,17H,3-4,6,15,18H2,1-2H3. The van der Waals surface area contributed by atoms with E-state index in [1.165, 1.54) is 12.8 Å². The minimum atomic E-state index is -0.929. The Labute approximate surface area is 115 Å². The predicted octanol–water partition coefficient (Wildman–Crippen LogP) is 1.92. The molecule has 3 N–H and O–H groups in total. The molecule has 2 atom stereocenters. The molecule has 1 aromatic rings. The van der Waals surface area contributed by atoms with Gasteiger partial charge < -0.3 is 10.8 Å². The van der Waals surface area contributed by atoms with E-state index in [0.717, 1.165) is 16.6 Å². The first-order chi connectivity index (χ1) is 8.34. The third kappa shape index (κ3) is 2.85. The Morgan fingerprint density at radius 2 is 2.22 bits per heavy atom. The van der Waals surface area contributed by atoms with Crippen molar-refractivity contribution in [1.82, 2.24) is 4.98 Å². The molecule has 0 spiro atoms. The van der Waals surface area contributed by atoms with Gasteiger partial charge in [-0.1, -0.05) is 11.6 Å². The third-order valence-electron chi connectivity index (χ3n) is 3.52. The first-order valence-electron chi connectivity index (χ1n) is 6.23. The highest BCUT2D eigenvalue weighted by Crippen LogP contribution is 2.42. The molecule has 0 amide bonds. The molecule has 1 aromatic heterocycles. The Balaban J connectivity index is 2.46. The van der Waals surface area contributed by atoms with E-state index in [1.54, 1.807) is 13.8 Å². The minimum Gasteiger partial charge on any atom is -0.386 e. The van der Waals surface area contributed by atoms with Gasteiger partial charge in [0.25, 0.3) is 0 Å². The molecule has 2 rings (SSSR count). The summed E-state index contributed by atoms with van der Waals surface area (Å²) in [6.45, 7) is 4.09. The summed E-state index contributed by atoms with van der Waals surface area (Å²) in [5, 5.41) is 11.4. The van der Waals surface area contributed by atoms with Gasteiger partial charge in [-0.15, -0.1) is 9.24 Å². The van der Waals surface area contributed by atoms with Crippen LogP contribution in [0.15, 0.2) is 6.07 Å². The molecule has 100 valence electrons. The Kier molecular flexibility index (Phi) is 3.99. The molecule has 0 aromatic carbocycles. The third-order valence-corrected chi connectivity index (χ3v) is 4.57. The van der Waals surface area contributed by atoms with Crippen molar-refractivity contribution >= 4 is 26.1 Å². The molecule has 0 radical (unpaired) electrons. The van der Waals surface area contributed by atoms with Gasteiger partial charge in [-0.3, -0.25) is 0 Å². The maximum Gasteiger partial charge on any atom is 0.136 e. The summed E-state index contributed by atoms with van der Waals surface area (Å²) in [6.07, 6.45) is 2.42. The first kappa shape index (κ1) is 14.2. The number of rotatable bonds is 4. The van der Waals surface area contributed by atoms with E-state index in [-0.39, 0.29) is 5.92 Å². The zero-order valence-electron chi connectivity index (χ0n) is 10.8. The number of halogens is 1. The van der Waals surface area contributed by atoms with Gasteiger partial charge in [0.15, 0.2) is 0 Å². The molecule has 1 aliphatic carbocycles. The molecular formula is C13H20ClN2OP. The lowest BCUT2D eigenvalue weighted by Crippen LogP contribution is -2.26. The molecule has 1 heterocycles. The van der Waals surface area contributed by atoms with Crippen LogP contribution in [0.2, 0.25) is 5.15 Å². The molecular weight excluding hydrogens is 267 g/mol. The Bertz CT molecular complexity index is 455. The maximum absolute atomic E-state index is 10.2. The fourth-order valence-electron chi connectivity index (χ4n) is 2.29. The summed E-state index contributed by atoms with van der Waals surface area (Å²) in [4.78, 5) is 4.43. The van der Waals surface area contributed by atoms with Crippen LogP contribution in [0.4, 0.5) is 0 Å². The van der Waals surface area contributed by atoms with Crippen LogP contribution in [0.1, 0.15) is 43.9 Å². The Morgan fingerprint density at radius 3 is 2.67 bits per heavy atom. The Hall–Kier alpha value is -0.210. The summed E-state index contributed by atoms with van der Waals surface area (Å²) in [5.74, 6) is 0.887. The van der Waals surface area contributed by atoms with Gasteiger partial charge in [0.1, 0.15) is 5.15 Å². The molecule has 3 nitrogen and oxygen atoms in total. The summed E-state index contributed by atoms with van der Waals surface area (Å²) in [6, 6.07) is 1.95. The topological polar surface area (TPSA) is 59.1 Å². The van der Waals surface area contributed by atoms with E-state index in [4.69, 9.17) is 17.3 Å². The smallest absolute Gasteiger partial charge is 0.136 e. The predicted molar refractivity (Wildman–Crippen MR) is 78.4 cm³/mol. The fourth-order valence-corrected chi connectivity index (χ4v) is 2.99. The van der Waals surface area contributed by atoms with Crippen LogP contribution in [0.5, 0.6) is 0 Å². The van der Waals surface area contributed by atoms with Gasteiger partial charge in [-0.05, 0) is 44.2 Å². The molecule has 0 bridgehead atoms. The summed E-state index contributed by atoms with van der Waals surface area (Å²) < 4.78 is 0. The quantitative estimate of drug-likeness (QED) is 0.657. The number of hydrogen-bond acceptors (Lipinski definition) is 3. The lowest BCUT2D eigenvalue weighted by molar-refractivity contribution is 0.0795. The highest BCUT2D eigenvalue weighted by molar-refractivity contribution is 7.28. The van der Waals surface area contributed by atoms with E-state index in [2.05, 4.69) is 14.2 Å². The van der Waals surface area contributed by atoms with E-state index < -0.39 is 5.60 Å². The van der Waals surface area contributed by atoms with Crippen molar-refractivity contribution in [2.75, 3.05) is 6.54 Å². The highest BCUT2D eigenvalue weighted by atomic mass is 35.5. The van der Waals surface area contributed by atoms with Gasteiger partial charge in [-0.25, -0.2) is 4.98 Å². The zero-order chi connectivity index (χ0) is 13.5. The molecule has 5 heteroatoms. The van der Waals surface area contributed by atoms with Crippen LogP contribution in [0.25, 0.3) is 0 Å². The molecule has 0 aliphatic heterocycles. The van der Waals surface area contributed by atoms with Crippen molar-refractivity contribution in [2.45, 2.75) is 38.2 Å². The van der Waals surface area contributed by atoms with Crippen molar-refractivity contribution in [3.05, 3.63) is 22.5 Å². The summed E-state index contributed by atoms with van der Waals surface area (Å²) in [7, 11) is 2.56. The average Bonchev–Trinajstić information content (AvgIpc) is 3.06. The van der Waals surface area contributed by atoms with Gasteiger partial charge in [0.2, 0.25) is 0 Å². The van der Waals surface area contributed by atoms with Crippen molar-refractivity contribution in [2.24, 2.45) is 11.7 Å². The number of nitrogens with zero attached hydrogens (tertiary/aromatic N) is 1. The number of hydrogen-bond donors (Lipinski definition) is 2. The van der Waals surface area contributed by atoms with Gasteiger partial charge >= 0.3 is 0 Å². The highest BCUT2D eigenvalue weighted by Gasteiger charge is 2.33. The molecule has 0 saturated heterocycles. The van der Waals surface area contributed by atoms with Crippen molar-refractivity contribution in [3.8, 4) is 0 Å². The number of nitrogens with two attached hydrogens (primary N) is 1. The van der Waals surface area contributed by atoms with E-state index >= 15 is 0 Å². The van der Waals surface area contributed by atoms with Gasteiger partial charge in [0, 0.05) is 23.5 Å². The van der Waals surface area contributed by atoms with Crippen LogP contribution >= 0.6 is 20.8 Å². The lowest BCUT2D eigenvalue weighted by atomic mass is 9.93. The lowest BCUT2D eigenvalue weighted by Gasteiger charge is -2.23. The zero-order valence-corrected chi connectivity index (χ0v) is 12.7. The second-order valence-corrected chi connectivity index (χ2v) is 6.47. The molecule has 18 heavy (non-hydrogen) atoms. The summed E-state index contributed by atoms with van der Waals surface area (Å²) >= 11 is 6.17. The van der Waals surface area contributed by atoms with E-state index in [0.29, 0.717) is 17.6 Å². The molecule has 1 saturated carbocycles. The van der Waals surface area contributed by atoms with Crippen LogP contribution in [-0.2, 0) is 5.60 Å². The second-order valence-electron chi connectivity index (χ2n) is 5.54. The first-order valence-corrected chi connectivity index (χ1v) is 7.19. The van der Waals surface area contributed by atoms with E-state index in [9.17, 15) is 5.11 Å². The number of aliphatic hydroxyl groups is 1. The average molecular weight is 287 g/mol. The van der Waals surface area contributed by atoms with Crippen molar-refractivity contribution < 1.29 is 5.11 Å². The monoisotopic (exact) mass is 286 g/mol. The van der Waals surface area contributed by atoms with Gasteiger partial charge in [0.05, 0.1) is 5.60 Å². The Morgan fingerprint density at radius 1 is 1.61 bits per heavy atom. The number of aromatic nitrogens is 1. The summed E-state index contributed by atoms with van der Waals surface area (Å²) in [5.41, 5.74) is 6.63. The molecule has 1 fully saturated rings. The molecule has 2 unspecified atom stereocenters. The van der Waals surface area contributed by atoms with Gasteiger partial charge in [-0.2, -0.15) is 0 Å². The normalized spacial score (nSPS) is 17.9. The van der Waals surface area contributed by atoms with Crippen molar-refractivity contribution in [3.63, 3.8) is 0 Å². The van der Waals surface area contributed by atoms with Crippen LogP contribution in [0, 0.1) is 5.92 Å². The maximum atomic E-state index is 10.2. The number of pyridine rings is 1.